The van der Waals surface area contributed by atoms with Crippen molar-refractivity contribution in [2.24, 2.45) is 5.92 Å². The van der Waals surface area contributed by atoms with Crippen LogP contribution in [0.3, 0.4) is 0 Å². The first kappa shape index (κ1) is 11.4. The van der Waals surface area contributed by atoms with Crippen LogP contribution in [0.25, 0.3) is 0 Å². The Bertz CT molecular complexity index is 130. The molecule has 0 heterocycles. The zero-order chi connectivity index (χ0) is 9.56. The third-order valence-electron chi connectivity index (χ3n) is 1.24. The quantitative estimate of drug-likeness (QED) is 0.446. The summed E-state index contributed by atoms with van der Waals surface area (Å²) in [5.41, 5.74) is 0. The van der Waals surface area contributed by atoms with E-state index >= 15 is 0 Å². The number of hydrogen-bond acceptors (Lipinski definition) is 5. The van der Waals surface area contributed by atoms with Crippen LogP contribution in [0.1, 0.15) is 6.92 Å². The van der Waals surface area contributed by atoms with Crippen LogP contribution in [-0.4, -0.2) is 47.2 Å². The molecule has 0 rings (SSSR count). The minimum absolute atomic E-state index is 0.116. The summed E-state index contributed by atoms with van der Waals surface area (Å²) in [5, 5.41) is 25.8. The highest BCUT2D eigenvalue weighted by Crippen LogP contribution is 1.97. The van der Waals surface area contributed by atoms with E-state index in [0.717, 1.165) is 0 Å². The maximum atomic E-state index is 10.9. The summed E-state index contributed by atoms with van der Waals surface area (Å²) >= 11 is 0. The molecule has 0 spiro atoms. The maximum absolute atomic E-state index is 10.9. The third kappa shape index (κ3) is 4.27. The van der Waals surface area contributed by atoms with E-state index in [1.165, 1.54) is 6.92 Å². The van der Waals surface area contributed by atoms with Crippen molar-refractivity contribution in [3.63, 3.8) is 0 Å². The highest BCUT2D eigenvalue weighted by atomic mass is 16.5. The highest BCUT2D eigenvalue weighted by molar-refractivity contribution is 5.72. The van der Waals surface area contributed by atoms with Crippen LogP contribution in [-0.2, 0) is 9.53 Å². The van der Waals surface area contributed by atoms with Crippen LogP contribution in [0.2, 0.25) is 0 Å². The van der Waals surface area contributed by atoms with E-state index in [-0.39, 0.29) is 6.61 Å². The van der Waals surface area contributed by atoms with Crippen LogP contribution in [0.15, 0.2) is 0 Å². The van der Waals surface area contributed by atoms with Gasteiger partial charge in [-0.05, 0) is 6.92 Å². The Morgan fingerprint density at radius 1 is 1.42 bits per heavy atom. The van der Waals surface area contributed by atoms with E-state index in [9.17, 15) is 4.79 Å². The number of aliphatic hydroxyl groups is 3. The molecule has 0 bridgehead atoms. The van der Waals surface area contributed by atoms with E-state index in [0.29, 0.717) is 0 Å². The Hall–Kier alpha value is -0.650. The van der Waals surface area contributed by atoms with Gasteiger partial charge in [0.05, 0.1) is 19.3 Å². The number of carbonyl (C=O) groups is 1. The first-order valence-corrected chi connectivity index (χ1v) is 3.68. The molecule has 1 atom stereocenters. The van der Waals surface area contributed by atoms with E-state index in [1.54, 1.807) is 0 Å². The van der Waals surface area contributed by atoms with Gasteiger partial charge in [0.25, 0.3) is 0 Å². The molecule has 0 aliphatic rings. The maximum Gasteiger partial charge on any atom is 0.313 e. The summed E-state index contributed by atoms with van der Waals surface area (Å²) in [4.78, 5) is 10.9. The van der Waals surface area contributed by atoms with E-state index in [1.807, 2.05) is 0 Å². The van der Waals surface area contributed by atoms with Crippen molar-refractivity contribution in [2.45, 2.75) is 13.0 Å². The lowest BCUT2D eigenvalue weighted by Crippen LogP contribution is -2.27. The van der Waals surface area contributed by atoms with E-state index in [2.05, 4.69) is 4.74 Å². The molecule has 72 valence electrons. The van der Waals surface area contributed by atoms with Crippen molar-refractivity contribution in [1.29, 1.82) is 0 Å². The predicted molar refractivity (Wildman–Crippen MR) is 40.3 cm³/mol. The van der Waals surface area contributed by atoms with Crippen molar-refractivity contribution in [3.8, 4) is 0 Å². The lowest BCUT2D eigenvalue weighted by atomic mass is 10.2. The summed E-state index contributed by atoms with van der Waals surface area (Å²) in [6, 6.07) is 0. The zero-order valence-electron chi connectivity index (χ0n) is 6.93. The molecule has 0 aliphatic carbocycles. The van der Waals surface area contributed by atoms with Crippen LogP contribution in [0.5, 0.6) is 0 Å². The fraction of sp³-hybridized carbons (Fsp3) is 0.857. The Balaban J connectivity index is 3.69. The van der Waals surface area contributed by atoms with Gasteiger partial charge in [-0.15, -0.1) is 0 Å². The number of rotatable bonds is 5. The van der Waals surface area contributed by atoms with Gasteiger partial charge in [-0.2, -0.15) is 0 Å². The second-order valence-corrected chi connectivity index (χ2v) is 2.54. The summed E-state index contributed by atoms with van der Waals surface area (Å²) < 4.78 is 4.54. The largest absolute Gasteiger partial charge is 0.463 e. The van der Waals surface area contributed by atoms with Crippen LogP contribution >= 0.6 is 0 Å². The molecular formula is C7H14O5. The summed E-state index contributed by atoms with van der Waals surface area (Å²) in [5.74, 6) is -1.59. The molecule has 5 heteroatoms. The average molecular weight is 178 g/mol. The lowest BCUT2D eigenvalue weighted by molar-refractivity contribution is -0.154. The molecule has 0 fully saturated rings. The first-order valence-electron chi connectivity index (χ1n) is 3.68. The molecule has 3 N–H and O–H groups in total. The molecule has 0 aliphatic heterocycles. The zero-order valence-corrected chi connectivity index (χ0v) is 6.93. The number of aliphatic hydroxyl groups excluding tert-OH is 3. The van der Waals surface area contributed by atoms with Crippen molar-refractivity contribution < 1.29 is 24.9 Å². The molecule has 0 aromatic carbocycles. The fourth-order valence-corrected chi connectivity index (χ4v) is 0.527. The summed E-state index contributed by atoms with van der Waals surface area (Å²) in [6.07, 6.45) is -0.730. The van der Waals surface area contributed by atoms with Gasteiger partial charge in [0.1, 0.15) is 12.5 Å². The predicted octanol–water partition coefficient (Wildman–Crippen LogP) is -1.49. The van der Waals surface area contributed by atoms with Gasteiger partial charge in [0.2, 0.25) is 0 Å². The molecule has 5 nitrogen and oxygen atoms in total. The average Bonchev–Trinajstić information content (AvgIpc) is 2.03. The van der Waals surface area contributed by atoms with Gasteiger partial charge in [-0.3, -0.25) is 4.79 Å². The van der Waals surface area contributed by atoms with E-state index < -0.39 is 31.2 Å². The van der Waals surface area contributed by atoms with Gasteiger partial charge in [-0.1, -0.05) is 0 Å². The molecule has 0 saturated heterocycles. The lowest BCUT2D eigenvalue weighted by Gasteiger charge is -2.11. The molecule has 12 heavy (non-hydrogen) atoms. The van der Waals surface area contributed by atoms with Crippen molar-refractivity contribution in [3.05, 3.63) is 0 Å². The minimum Gasteiger partial charge on any atom is -0.463 e. The molecule has 0 aromatic rings. The number of esters is 1. The van der Waals surface area contributed by atoms with Crippen LogP contribution in [0.4, 0.5) is 0 Å². The Morgan fingerprint density at radius 3 is 2.25 bits per heavy atom. The summed E-state index contributed by atoms with van der Waals surface area (Å²) in [6.45, 7) is 0.458. The van der Waals surface area contributed by atoms with Gasteiger partial charge in [-0.25, -0.2) is 0 Å². The van der Waals surface area contributed by atoms with Gasteiger partial charge in [0, 0.05) is 0 Å². The highest BCUT2D eigenvalue weighted by Gasteiger charge is 2.18. The second kappa shape index (κ2) is 5.93. The normalized spacial score (nSPS) is 13.1. The molecule has 1 unspecified atom stereocenters. The molecule has 0 amide bonds. The van der Waals surface area contributed by atoms with Gasteiger partial charge in [0.15, 0.2) is 0 Å². The molecule has 0 saturated carbocycles. The smallest absolute Gasteiger partial charge is 0.313 e. The van der Waals surface area contributed by atoms with Crippen LogP contribution < -0.4 is 0 Å². The number of carbonyl (C=O) groups excluding carboxylic acids is 1. The molecule has 0 radical (unpaired) electrons. The SMILES string of the molecule is CC(O)COC(=O)C(CO)CO. The molecular weight excluding hydrogens is 164 g/mol. The minimum atomic E-state index is -0.899. The first-order chi connectivity index (χ1) is 5.61. The Morgan fingerprint density at radius 2 is 1.92 bits per heavy atom. The van der Waals surface area contributed by atoms with Crippen molar-refractivity contribution in [1.82, 2.24) is 0 Å². The number of hydrogen-bond donors (Lipinski definition) is 3. The molecule has 0 aromatic heterocycles. The Kier molecular flexibility index (Phi) is 5.61. The van der Waals surface area contributed by atoms with Crippen LogP contribution in [0, 0.1) is 5.92 Å². The Labute approximate surface area is 70.6 Å². The van der Waals surface area contributed by atoms with E-state index in [4.69, 9.17) is 15.3 Å². The van der Waals surface area contributed by atoms with Gasteiger partial charge < -0.3 is 20.1 Å². The summed E-state index contributed by atoms with van der Waals surface area (Å²) in [7, 11) is 0. The topological polar surface area (TPSA) is 87.0 Å². The monoisotopic (exact) mass is 178 g/mol. The van der Waals surface area contributed by atoms with Crippen molar-refractivity contribution in [2.75, 3.05) is 19.8 Å². The van der Waals surface area contributed by atoms with Gasteiger partial charge >= 0.3 is 5.97 Å². The fourth-order valence-electron chi connectivity index (χ4n) is 0.527. The second-order valence-electron chi connectivity index (χ2n) is 2.54. The standard InChI is InChI=1S/C7H14O5/c1-5(10)4-12-7(11)6(2-8)3-9/h5-6,8-10H,2-4H2,1H3. The van der Waals surface area contributed by atoms with Crippen molar-refractivity contribution >= 4 is 5.97 Å². The third-order valence-corrected chi connectivity index (χ3v) is 1.24. The number of ether oxygens (including phenoxy) is 1.